The highest BCUT2D eigenvalue weighted by Crippen LogP contribution is 2.33. The van der Waals surface area contributed by atoms with Gasteiger partial charge in [0.1, 0.15) is 12.1 Å². The molecule has 0 spiro atoms. The topological polar surface area (TPSA) is 189 Å². The highest BCUT2D eigenvalue weighted by Gasteiger charge is 2.47. The molecule has 7 unspecified atom stereocenters. The van der Waals surface area contributed by atoms with Crippen LogP contribution < -0.4 is 31.9 Å². The number of rotatable bonds is 15. The number of aromatic nitrogens is 1. The molecular formula is C42H62N10O5S. The molecule has 2 aliphatic heterocycles. The second-order valence-corrected chi connectivity index (χ2v) is 17.6. The molecule has 2 aromatic rings. The van der Waals surface area contributed by atoms with Crippen molar-refractivity contribution in [2.24, 2.45) is 10.4 Å². The molecule has 0 bridgehead atoms. The number of amides is 5. The maximum atomic E-state index is 14.7. The zero-order valence-electron chi connectivity index (χ0n) is 35.2. The van der Waals surface area contributed by atoms with Gasteiger partial charge in [0.2, 0.25) is 29.5 Å². The Morgan fingerprint density at radius 3 is 2.47 bits per heavy atom. The SMILES string of the molecule is CNC(C)C(=O)Nc1nc(CC(=O)NCCC2=CN(C3CC(C(=O)NC4CCCc5ccccc54)N(C(=O)C(NC(=O)C(C)NC)C(C)(C)C)C3)C(C)CC=N2)cs1. The van der Waals surface area contributed by atoms with Crippen LogP contribution in [0.15, 0.2) is 46.5 Å². The molecule has 3 aliphatic rings. The summed E-state index contributed by atoms with van der Waals surface area (Å²) in [6.45, 7) is 12.0. The minimum atomic E-state index is -0.864. The van der Waals surface area contributed by atoms with Crippen molar-refractivity contribution < 1.29 is 24.0 Å². The van der Waals surface area contributed by atoms with Crippen LogP contribution in [0.5, 0.6) is 0 Å². The molecule has 15 nitrogen and oxygen atoms in total. The number of aryl methyl sites for hydroxylation is 1. The summed E-state index contributed by atoms with van der Waals surface area (Å²) in [4.78, 5) is 80.4. The molecule has 16 heteroatoms. The van der Waals surface area contributed by atoms with Gasteiger partial charge in [0.25, 0.3) is 0 Å². The highest BCUT2D eigenvalue weighted by molar-refractivity contribution is 7.14. The first-order chi connectivity index (χ1) is 27.6. The van der Waals surface area contributed by atoms with Crippen molar-refractivity contribution in [2.75, 3.05) is 32.5 Å². The largest absolute Gasteiger partial charge is 0.368 e. The van der Waals surface area contributed by atoms with Gasteiger partial charge >= 0.3 is 0 Å². The number of carbonyl (C=O) groups excluding carboxylic acids is 5. The van der Waals surface area contributed by atoms with Crippen molar-refractivity contribution in [2.45, 2.75) is 129 Å². The molecule has 6 N–H and O–H groups in total. The number of aliphatic imine (C=N–C) groups is 1. The third-order valence-corrected chi connectivity index (χ3v) is 12.2. The molecule has 1 aliphatic carbocycles. The molecule has 3 heterocycles. The standard InChI is InChI=1S/C42H62N10O5S/c1-25-16-18-45-29(17-19-46-35(53)20-30-24-58-41(47-30)50-38(55)27(3)44-8)22-51(25)31-21-34(39(56)48-33-15-11-13-28-12-9-10-14-32(28)33)52(23-31)40(57)36(42(4,5)6)49-37(54)26(2)43-7/h9-10,12,14,18,22,24-27,31,33-34,36,43-44H,11,13,15-17,19-21,23H2,1-8H3,(H,46,53)(H,48,56)(H,49,54)(H,47,50,55). The normalized spacial score (nSPS) is 22.2. The van der Waals surface area contributed by atoms with E-state index in [2.05, 4.69) is 60.8 Å². The van der Waals surface area contributed by atoms with Gasteiger partial charge < -0.3 is 41.7 Å². The average Bonchev–Trinajstić information content (AvgIpc) is 3.79. The Balaban J connectivity index is 1.31. The predicted molar refractivity (Wildman–Crippen MR) is 227 cm³/mol. The first-order valence-corrected chi connectivity index (χ1v) is 21.3. The van der Waals surface area contributed by atoms with E-state index in [4.69, 9.17) is 4.99 Å². The number of fused-ring (bicyclic) bond motifs is 1. The average molecular weight is 819 g/mol. The van der Waals surface area contributed by atoms with Gasteiger partial charge in [-0.15, -0.1) is 11.3 Å². The fourth-order valence-corrected chi connectivity index (χ4v) is 8.34. The van der Waals surface area contributed by atoms with Crippen LogP contribution in [0.25, 0.3) is 0 Å². The number of thiazole rings is 1. The molecular weight excluding hydrogens is 757 g/mol. The minimum absolute atomic E-state index is 0.0230. The van der Waals surface area contributed by atoms with E-state index in [1.165, 1.54) is 16.9 Å². The Labute approximate surface area is 346 Å². The molecule has 0 saturated carbocycles. The number of likely N-dealkylation sites (tertiary alicyclic amines) is 1. The monoisotopic (exact) mass is 818 g/mol. The second kappa shape index (κ2) is 19.9. The maximum Gasteiger partial charge on any atom is 0.246 e. The Morgan fingerprint density at radius 2 is 1.74 bits per heavy atom. The van der Waals surface area contributed by atoms with Crippen molar-refractivity contribution >= 4 is 52.2 Å². The Morgan fingerprint density at radius 1 is 1.02 bits per heavy atom. The number of hydrogen-bond acceptors (Lipinski definition) is 11. The van der Waals surface area contributed by atoms with Crippen LogP contribution in [0, 0.1) is 5.41 Å². The molecule has 1 aromatic carbocycles. The van der Waals surface area contributed by atoms with E-state index in [-0.39, 0.29) is 66.7 Å². The van der Waals surface area contributed by atoms with Gasteiger partial charge in [-0.3, -0.25) is 29.0 Å². The number of carbonyl (C=O) groups is 5. The third-order valence-electron chi connectivity index (χ3n) is 11.4. The van der Waals surface area contributed by atoms with Crippen LogP contribution in [0.4, 0.5) is 5.13 Å². The summed E-state index contributed by atoms with van der Waals surface area (Å²) in [5, 5.41) is 20.1. The lowest BCUT2D eigenvalue weighted by atomic mass is 9.85. The predicted octanol–water partition coefficient (Wildman–Crippen LogP) is 3.05. The van der Waals surface area contributed by atoms with Gasteiger partial charge in [-0.25, -0.2) is 4.98 Å². The molecule has 58 heavy (non-hydrogen) atoms. The fraction of sp³-hybridized carbons (Fsp3) is 0.595. The minimum Gasteiger partial charge on any atom is -0.368 e. The molecule has 1 aromatic heterocycles. The lowest BCUT2D eigenvalue weighted by molar-refractivity contribution is -0.144. The smallest absolute Gasteiger partial charge is 0.246 e. The van der Waals surface area contributed by atoms with E-state index >= 15 is 0 Å². The number of likely N-dealkylation sites (N-methyl/N-ethyl adjacent to an activating group) is 2. The van der Waals surface area contributed by atoms with E-state index in [9.17, 15) is 24.0 Å². The van der Waals surface area contributed by atoms with Gasteiger partial charge in [-0.2, -0.15) is 0 Å². The summed E-state index contributed by atoms with van der Waals surface area (Å²) in [7, 11) is 3.40. The van der Waals surface area contributed by atoms with Crippen LogP contribution in [0.2, 0.25) is 0 Å². The molecule has 5 rings (SSSR count). The third kappa shape index (κ3) is 11.3. The van der Waals surface area contributed by atoms with Crippen LogP contribution in [-0.4, -0.2) is 114 Å². The van der Waals surface area contributed by atoms with Crippen molar-refractivity contribution in [3.8, 4) is 0 Å². The van der Waals surface area contributed by atoms with E-state index in [1.807, 2.05) is 45.3 Å². The van der Waals surface area contributed by atoms with Crippen molar-refractivity contribution in [1.82, 2.24) is 41.4 Å². The Kier molecular flexibility index (Phi) is 15.2. The lowest BCUT2D eigenvalue weighted by Crippen LogP contribution is -2.59. The number of nitrogens with one attached hydrogen (secondary N) is 6. The molecule has 5 amide bonds. The van der Waals surface area contributed by atoms with E-state index in [0.29, 0.717) is 36.6 Å². The van der Waals surface area contributed by atoms with Gasteiger partial charge in [-0.1, -0.05) is 45.0 Å². The number of hydrogen-bond donors (Lipinski definition) is 6. The Hall–Kier alpha value is -4.67. The summed E-state index contributed by atoms with van der Waals surface area (Å²) < 4.78 is 0. The molecule has 1 saturated heterocycles. The zero-order chi connectivity index (χ0) is 42.1. The first-order valence-electron chi connectivity index (χ1n) is 20.5. The number of anilines is 1. The molecule has 1 fully saturated rings. The number of nitrogens with zero attached hydrogens (tertiary/aromatic N) is 4. The van der Waals surface area contributed by atoms with Gasteiger partial charge in [-0.05, 0) is 77.1 Å². The quantitative estimate of drug-likeness (QED) is 0.157. The maximum absolute atomic E-state index is 14.7. The van der Waals surface area contributed by atoms with E-state index < -0.39 is 23.5 Å². The molecule has 316 valence electrons. The van der Waals surface area contributed by atoms with Gasteiger partial charge in [0.15, 0.2) is 5.13 Å². The van der Waals surface area contributed by atoms with Crippen molar-refractivity contribution in [3.05, 3.63) is 58.4 Å². The van der Waals surface area contributed by atoms with Crippen molar-refractivity contribution in [1.29, 1.82) is 0 Å². The summed E-state index contributed by atoms with van der Waals surface area (Å²) in [5.41, 5.74) is 3.06. The summed E-state index contributed by atoms with van der Waals surface area (Å²) in [6.07, 6.45) is 8.23. The molecule has 7 atom stereocenters. The summed E-state index contributed by atoms with van der Waals surface area (Å²) in [6, 6.07) is 5.38. The van der Waals surface area contributed by atoms with Gasteiger partial charge in [0, 0.05) is 55.8 Å². The van der Waals surface area contributed by atoms with Crippen molar-refractivity contribution in [3.63, 3.8) is 0 Å². The van der Waals surface area contributed by atoms with Gasteiger partial charge in [0.05, 0.1) is 35.9 Å². The van der Waals surface area contributed by atoms with Crippen LogP contribution in [-0.2, 0) is 36.8 Å². The first kappa shape index (κ1) is 44.4. The van der Waals surface area contributed by atoms with E-state index in [1.54, 1.807) is 38.2 Å². The summed E-state index contributed by atoms with van der Waals surface area (Å²) in [5.74, 6) is -1.17. The van der Waals surface area contributed by atoms with Crippen LogP contribution >= 0.6 is 11.3 Å². The van der Waals surface area contributed by atoms with E-state index in [0.717, 1.165) is 30.5 Å². The Bertz CT molecular complexity index is 1860. The second-order valence-electron chi connectivity index (χ2n) is 16.8. The summed E-state index contributed by atoms with van der Waals surface area (Å²) >= 11 is 1.27. The zero-order valence-corrected chi connectivity index (χ0v) is 36.0. The van der Waals surface area contributed by atoms with Crippen LogP contribution in [0.3, 0.4) is 0 Å². The molecule has 0 radical (unpaired) electrons. The number of benzene rings is 1. The lowest BCUT2D eigenvalue weighted by Gasteiger charge is -2.37. The van der Waals surface area contributed by atoms with Crippen LogP contribution in [0.1, 0.15) is 96.5 Å². The fourth-order valence-electron chi connectivity index (χ4n) is 7.63. The highest BCUT2D eigenvalue weighted by atomic mass is 32.1.